The highest BCUT2D eigenvalue weighted by Crippen LogP contribution is 2.31. The van der Waals surface area contributed by atoms with Gasteiger partial charge in [0.15, 0.2) is 11.3 Å². The molecule has 0 bridgehead atoms. The lowest BCUT2D eigenvalue weighted by atomic mass is 9.90. The van der Waals surface area contributed by atoms with Crippen LogP contribution in [0.15, 0.2) is 48.5 Å². The second kappa shape index (κ2) is 12.0. The van der Waals surface area contributed by atoms with Gasteiger partial charge in [-0.15, -0.1) is 5.10 Å². The normalized spacial score (nSPS) is 20.6. The molecule has 1 aromatic heterocycles. The van der Waals surface area contributed by atoms with E-state index in [4.69, 9.17) is 21.1 Å². The maximum Gasteiger partial charge on any atom is 0.276 e. The van der Waals surface area contributed by atoms with Crippen molar-refractivity contribution in [3.05, 3.63) is 70.5 Å². The van der Waals surface area contributed by atoms with Gasteiger partial charge >= 0.3 is 0 Å². The van der Waals surface area contributed by atoms with E-state index in [0.29, 0.717) is 36.8 Å². The lowest BCUT2D eigenvalue weighted by Crippen LogP contribution is -2.63. The summed E-state index contributed by atoms with van der Waals surface area (Å²) in [5.41, 5.74) is 1.69. The lowest BCUT2D eigenvalue weighted by molar-refractivity contribution is -0.172. The van der Waals surface area contributed by atoms with Crippen molar-refractivity contribution >= 4 is 23.4 Å². The van der Waals surface area contributed by atoms with Crippen molar-refractivity contribution in [3.63, 3.8) is 0 Å². The van der Waals surface area contributed by atoms with Crippen molar-refractivity contribution in [1.29, 1.82) is 0 Å². The molecule has 9 nitrogen and oxygen atoms in total. The molecule has 5 rings (SSSR count). The first kappa shape index (κ1) is 28.1. The van der Waals surface area contributed by atoms with E-state index in [1.165, 1.54) is 5.56 Å². The van der Waals surface area contributed by atoms with Gasteiger partial charge in [0.1, 0.15) is 12.4 Å². The molecule has 10 heteroatoms. The molecule has 1 atom stereocenters. The Labute approximate surface area is 240 Å². The molecule has 2 amide bonds. The third-order valence-corrected chi connectivity index (χ3v) is 8.01. The standard InChI is InChI=1S/C30H36ClN5O4/c1-21(2)35-17-18-39-26-10-5-4-8-23(26)9-6-7-15-30(29(35)38)20-34(16-19-40-30)28(37)27-22(3)36(33-32-27)25-13-11-24(31)12-14-25/h4-5,8,10-14,21H,6-7,9,15-20H2,1-3H3. The van der Waals surface area contributed by atoms with E-state index in [1.54, 1.807) is 21.7 Å². The number of halogens is 1. The Balaban J connectivity index is 1.40. The lowest BCUT2D eigenvalue weighted by Gasteiger charge is -2.45. The summed E-state index contributed by atoms with van der Waals surface area (Å²) >= 11 is 6.03. The molecule has 3 aromatic rings. The number of carbonyl (C=O) groups is 2. The van der Waals surface area contributed by atoms with E-state index in [2.05, 4.69) is 16.4 Å². The largest absolute Gasteiger partial charge is 0.491 e. The average Bonchev–Trinajstić information content (AvgIpc) is 3.34. The Hall–Kier alpha value is -3.43. The van der Waals surface area contributed by atoms with Gasteiger partial charge in [-0.3, -0.25) is 9.59 Å². The number of morpholine rings is 1. The van der Waals surface area contributed by atoms with Crippen LogP contribution in [-0.4, -0.2) is 81.1 Å². The third kappa shape index (κ3) is 5.71. The smallest absolute Gasteiger partial charge is 0.276 e. The molecule has 2 aromatic carbocycles. The van der Waals surface area contributed by atoms with Gasteiger partial charge in [0.05, 0.1) is 31.1 Å². The zero-order valence-electron chi connectivity index (χ0n) is 23.3. The highest BCUT2D eigenvalue weighted by Gasteiger charge is 2.47. The zero-order valence-corrected chi connectivity index (χ0v) is 24.1. The van der Waals surface area contributed by atoms with E-state index >= 15 is 0 Å². The van der Waals surface area contributed by atoms with Gasteiger partial charge in [-0.25, -0.2) is 4.68 Å². The molecule has 3 heterocycles. The number of amides is 2. The summed E-state index contributed by atoms with van der Waals surface area (Å²) in [5.74, 6) is 0.522. The van der Waals surface area contributed by atoms with Crippen LogP contribution in [0.5, 0.6) is 5.75 Å². The molecule has 0 radical (unpaired) electrons. The molecule has 0 aliphatic carbocycles. The number of hydrogen-bond acceptors (Lipinski definition) is 6. The van der Waals surface area contributed by atoms with Crippen LogP contribution in [0.2, 0.25) is 5.02 Å². The highest BCUT2D eigenvalue weighted by molar-refractivity contribution is 6.30. The van der Waals surface area contributed by atoms with E-state index < -0.39 is 5.60 Å². The van der Waals surface area contributed by atoms with Crippen LogP contribution in [0.4, 0.5) is 0 Å². The highest BCUT2D eigenvalue weighted by atomic mass is 35.5. The third-order valence-electron chi connectivity index (χ3n) is 7.75. The van der Waals surface area contributed by atoms with Crippen LogP contribution in [-0.2, 0) is 16.0 Å². The molecular formula is C30H36ClN5O4. The molecule has 40 heavy (non-hydrogen) atoms. The summed E-state index contributed by atoms with van der Waals surface area (Å²) in [7, 11) is 0. The minimum atomic E-state index is -1.13. The Bertz CT molecular complexity index is 1360. The summed E-state index contributed by atoms with van der Waals surface area (Å²) in [6.07, 6.45) is 3.03. The molecule has 212 valence electrons. The number of hydrogen-bond donors (Lipinski definition) is 0. The van der Waals surface area contributed by atoms with Crippen LogP contribution in [0.25, 0.3) is 5.69 Å². The maximum absolute atomic E-state index is 14.2. The van der Waals surface area contributed by atoms with Crippen molar-refractivity contribution in [2.45, 2.75) is 58.1 Å². The molecule has 0 N–H and O–H groups in total. The number of ether oxygens (including phenoxy) is 2. The van der Waals surface area contributed by atoms with E-state index in [1.807, 2.05) is 56.0 Å². The van der Waals surface area contributed by atoms with E-state index in [0.717, 1.165) is 30.7 Å². The minimum Gasteiger partial charge on any atom is -0.491 e. The first-order chi connectivity index (χ1) is 19.3. The second-order valence-corrected chi connectivity index (χ2v) is 11.2. The van der Waals surface area contributed by atoms with Gasteiger partial charge in [0, 0.05) is 17.6 Å². The topological polar surface area (TPSA) is 89.8 Å². The minimum absolute atomic E-state index is 0.0534. The Morgan fingerprint density at radius 1 is 1.05 bits per heavy atom. The predicted octanol–water partition coefficient (Wildman–Crippen LogP) is 4.48. The van der Waals surface area contributed by atoms with Crippen LogP contribution in [0, 0.1) is 6.92 Å². The summed E-state index contributed by atoms with van der Waals surface area (Å²) < 4.78 is 14.1. The molecular weight excluding hydrogens is 530 g/mol. The van der Waals surface area contributed by atoms with E-state index in [-0.39, 0.29) is 36.7 Å². The average molecular weight is 566 g/mol. The first-order valence-electron chi connectivity index (χ1n) is 13.9. The molecule has 1 fully saturated rings. The summed E-state index contributed by atoms with van der Waals surface area (Å²) in [6.45, 7) is 7.43. The molecule has 2 aliphatic rings. The summed E-state index contributed by atoms with van der Waals surface area (Å²) in [6, 6.07) is 15.2. The number of fused-ring (bicyclic) bond motifs is 1. The van der Waals surface area contributed by atoms with Gasteiger partial charge in [-0.2, -0.15) is 0 Å². The second-order valence-electron chi connectivity index (χ2n) is 10.7. The van der Waals surface area contributed by atoms with Crippen molar-refractivity contribution in [2.75, 3.05) is 32.8 Å². The Kier molecular flexibility index (Phi) is 8.42. The van der Waals surface area contributed by atoms with Crippen LogP contribution < -0.4 is 4.74 Å². The van der Waals surface area contributed by atoms with Crippen LogP contribution >= 0.6 is 11.6 Å². The van der Waals surface area contributed by atoms with Gasteiger partial charge in [-0.1, -0.05) is 35.0 Å². The number of carbonyl (C=O) groups excluding carboxylic acids is 2. The van der Waals surface area contributed by atoms with E-state index in [9.17, 15) is 9.59 Å². The van der Waals surface area contributed by atoms with Crippen molar-refractivity contribution in [2.24, 2.45) is 0 Å². The number of aromatic nitrogens is 3. The number of para-hydroxylation sites is 1. The van der Waals surface area contributed by atoms with Gasteiger partial charge < -0.3 is 19.3 Å². The Morgan fingerprint density at radius 3 is 2.60 bits per heavy atom. The van der Waals surface area contributed by atoms with Gasteiger partial charge in [0.25, 0.3) is 11.8 Å². The van der Waals surface area contributed by atoms with Gasteiger partial charge in [-0.05, 0) is 82.3 Å². The molecule has 1 unspecified atom stereocenters. The summed E-state index contributed by atoms with van der Waals surface area (Å²) in [4.78, 5) is 31.5. The fourth-order valence-electron chi connectivity index (χ4n) is 5.54. The predicted molar refractivity (Wildman–Crippen MR) is 152 cm³/mol. The van der Waals surface area contributed by atoms with Crippen LogP contribution in [0.3, 0.4) is 0 Å². The monoisotopic (exact) mass is 565 g/mol. The van der Waals surface area contributed by atoms with Crippen LogP contribution in [0.1, 0.15) is 54.9 Å². The van der Waals surface area contributed by atoms with Gasteiger partial charge in [0.2, 0.25) is 0 Å². The van der Waals surface area contributed by atoms with Crippen molar-refractivity contribution < 1.29 is 19.1 Å². The first-order valence-corrected chi connectivity index (χ1v) is 14.3. The number of aryl methyl sites for hydroxylation is 1. The number of nitrogens with zero attached hydrogens (tertiary/aromatic N) is 5. The van der Waals surface area contributed by atoms with Crippen molar-refractivity contribution in [3.8, 4) is 11.4 Å². The molecule has 0 saturated carbocycles. The Morgan fingerprint density at radius 2 is 1.82 bits per heavy atom. The SMILES string of the molecule is Cc1c(C(=O)N2CCOC3(CCCCc4ccccc4OCCN(C(C)C)C3=O)C2)nnn1-c1ccc(Cl)cc1. The molecule has 1 spiro atoms. The van der Waals surface area contributed by atoms with Crippen molar-refractivity contribution in [1.82, 2.24) is 24.8 Å². The number of benzene rings is 2. The quantitative estimate of drug-likeness (QED) is 0.465. The fraction of sp³-hybridized carbons (Fsp3) is 0.467. The molecule has 2 aliphatic heterocycles. The zero-order chi connectivity index (χ0) is 28.3. The maximum atomic E-state index is 14.2. The fourth-order valence-corrected chi connectivity index (χ4v) is 5.66. The summed E-state index contributed by atoms with van der Waals surface area (Å²) in [5, 5.41) is 9.07. The number of rotatable bonds is 3. The molecule has 1 saturated heterocycles.